The zero-order valence-corrected chi connectivity index (χ0v) is 8.84. The summed E-state index contributed by atoms with van der Waals surface area (Å²) >= 11 is 0. The van der Waals surface area contributed by atoms with Crippen LogP contribution in [0.5, 0.6) is 0 Å². The number of carbonyl (C=O) groups is 4. The number of amides is 4. The van der Waals surface area contributed by atoms with Crippen LogP contribution in [0.1, 0.15) is 20.7 Å². The fraction of sp³-hybridized carbons (Fsp3) is 0. The predicted octanol–water partition coefficient (Wildman–Crippen LogP) is 0.502. The quantitative estimate of drug-likeness (QED) is 0.605. The Hall–Kier alpha value is -2.90. The molecule has 4 amide bonds. The molecular weight excluding hydrogens is 244 g/mol. The molecule has 0 aromatic heterocycles. The van der Waals surface area contributed by atoms with E-state index in [2.05, 4.69) is 0 Å². The van der Waals surface area contributed by atoms with E-state index in [1.54, 1.807) is 10.6 Å². The van der Waals surface area contributed by atoms with Gasteiger partial charge in [0, 0.05) is 11.1 Å². The number of hydrogen-bond donors (Lipinski definition) is 4. The fourth-order valence-electron chi connectivity index (χ4n) is 1.11. The van der Waals surface area contributed by atoms with Crippen LogP contribution in [0.25, 0.3) is 0 Å². The zero-order chi connectivity index (χ0) is 13.7. The van der Waals surface area contributed by atoms with Crippen molar-refractivity contribution in [2.45, 2.75) is 0 Å². The van der Waals surface area contributed by atoms with Crippen LogP contribution in [0.15, 0.2) is 24.3 Å². The van der Waals surface area contributed by atoms with Crippen molar-refractivity contribution in [2.75, 3.05) is 0 Å². The van der Waals surface area contributed by atoms with Gasteiger partial charge in [0.15, 0.2) is 0 Å². The normalized spacial score (nSPS) is 9.33. The molecule has 1 aromatic rings. The summed E-state index contributed by atoms with van der Waals surface area (Å²) in [7, 11) is 0. The molecule has 0 unspecified atom stereocenters. The SMILES string of the molecule is O=C(O)NC(=O)c1ccc(C(=O)NC(=O)O)cc1. The number of rotatable bonds is 2. The van der Waals surface area contributed by atoms with Crippen LogP contribution in [0.2, 0.25) is 0 Å². The Morgan fingerprint density at radius 3 is 1.22 bits per heavy atom. The van der Waals surface area contributed by atoms with Crippen LogP contribution in [-0.4, -0.2) is 34.2 Å². The first-order chi connectivity index (χ1) is 8.40. The molecule has 0 aliphatic carbocycles. The predicted molar refractivity (Wildman–Crippen MR) is 57.4 cm³/mol. The van der Waals surface area contributed by atoms with Gasteiger partial charge in [-0.2, -0.15) is 0 Å². The summed E-state index contributed by atoms with van der Waals surface area (Å²) in [5, 5.41) is 19.9. The first kappa shape index (κ1) is 13.2. The maximum absolute atomic E-state index is 11.2. The first-order valence-corrected chi connectivity index (χ1v) is 4.59. The molecule has 1 rings (SSSR count). The van der Waals surface area contributed by atoms with Gasteiger partial charge in [0.1, 0.15) is 0 Å². The summed E-state index contributed by atoms with van der Waals surface area (Å²) in [6.45, 7) is 0. The molecule has 94 valence electrons. The van der Waals surface area contributed by atoms with Gasteiger partial charge in [-0.25, -0.2) is 9.59 Å². The van der Waals surface area contributed by atoms with Crippen molar-refractivity contribution in [1.29, 1.82) is 0 Å². The van der Waals surface area contributed by atoms with Gasteiger partial charge in [0.25, 0.3) is 11.8 Å². The Morgan fingerprint density at radius 1 is 0.722 bits per heavy atom. The van der Waals surface area contributed by atoms with Gasteiger partial charge in [-0.05, 0) is 24.3 Å². The maximum Gasteiger partial charge on any atom is 0.411 e. The number of nitrogens with one attached hydrogen (secondary N) is 2. The average molecular weight is 252 g/mol. The van der Waals surface area contributed by atoms with E-state index in [1.165, 1.54) is 24.3 Å². The Morgan fingerprint density at radius 2 is 1.00 bits per heavy atom. The summed E-state index contributed by atoms with van der Waals surface area (Å²) < 4.78 is 0. The Kier molecular flexibility index (Phi) is 3.98. The van der Waals surface area contributed by atoms with E-state index in [0.717, 1.165) is 0 Å². The lowest BCUT2D eigenvalue weighted by molar-refractivity contribution is 0.0932. The minimum atomic E-state index is -1.49. The molecule has 0 aliphatic rings. The number of imide groups is 2. The van der Waals surface area contributed by atoms with Crippen molar-refractivity contribution in [3.8, 4) is 0 Å². The lowest BCUT2D eigenvalue weighted by atomic mass is 10.1. The summed E-state index contributed by atoms with van der Waals surface area (Å²) in [4.78, 5) is 42.9. The second-order valence-corrected chi connectivity index (χ2v) is 3.10. The van der Waals surface area contributed by atoms with Gasteiger partial charge < -0.3 is 10.2 Å². The smallest absolute Gasteiger partial charge is 0.411 e. The number of carboxylic acid groups (broad SMARTS) is 2. The van der Waals surface area contributed by atoms with E-state index in [0.29, 0.717) is 0 Å². The van der Waals surface area contributed by atoms with Crippen LogP contribution >= 0.6 is 0 Å². The van der Waals surface area contributed by atoms with Crippen molar-refractivity contribution in [2.24, 2.45) is 0 Å². The minimum Gasteiger partial charge on any atom is -0.465 e. The molecular formula is C10H8N2O6. The molecule has 18 heavy (non-hydrogen) atoms. The fourth-order valence-corrected chi connectivity index (χ4v) is 1.11. The third-order valence-corrected chi connectivity index (χ3v) is 1.85. The molecule has 0 fully saturated rings. The summed E-state index contributed by atoms with van der Waals surface area (Å²) in [6, 6.07) is 4.81. The third kappa shape index (κ3) is 3.59. The Bertz CT molecular complexity index is 461. The van der Waals surface area contributed by atoms with Crippen LogP contribution in [0.3, 0.4) is 0 Å². The van der Waals surface area contributed by atoms with Crippen molar-refractivity contribution < 1.29 is 29.4 Å². The second kappa shape index (κ2) is 5.43. The average Bonchev–Trinajstić information content (AvgIpc) is 2.27. The van der Waals surface area contributed by atoms with Gasteiger partial charge >= 0.3 is 12.2 Å². The van der Waals surface area contributed by atoms with Gasteiger partial charge in [-0.3, -0.25) is 20.2 Å². The highest BCUT2D eigenvalue weighted by molar-refractivity contribution is 6.05. The van der Waals surface area contributed by atoms with Gasteiger partial charge in [0.2, 0.25) is 0 Å². The van der Waals surface area contributed by atoms with Crippen LogP contribution < -0.4 is 10.6 Å². The molecule has 1 aromatic carbocycles. The minimum absolute atomic E-state index is 0.0317. The number of hydrogen-bond acceptors (Lipinski definition) is 4. The van der Waals surface area contributed by atoms with Gasteiger partial charge in [0.05, 0.1) is 0 Å². The largest absolute Gasteiger partial charge is 0.465 e. The molecule has 0 bridgehead atoms. The molecule has 0 saturated carbocycles. The van der Waals surface area contributed by atoms with E-state index >= 15 is 0 Å². The molecule has 0 saturated heterocycles. The summed E-state index contributed by atoms with van der Waals surface area (Å²) in [5.41, 5.74) is 0.0635. The lowest BCUT2D eigenvalue weighted by Crippen LogP contribution is -2.29. The molecule has 0 heterocycles. The lowest BCUT2D eigenvalue weighted by Gasteiger charge is -2.02. The summed E-state index contributed by atoms with van der Waals surface area (Å²) in [6.07, 6.45) is -2.99. The molecule has 8 nitrogen and oxygen atoms in total. The van der Waals surface area contributed by atoms with Crippen LogP contribution in [0.4, 0.5) is 9.59 Å². The number of carbonyl (C=O) groups excluding carboxylic acids is 2. The van der Waals surface area contributed by atoms with Gasteiger partial charge in [-0.15, -0.1) is 0 Å². The standard InChI is InChI=1S/C10H8N2O6/c13-7(11-9(15)16)5-1-2-6(4-3-5)8(14)12-10(17)18/h1-4H,(H,11,13)(H,12,14)(H,15,16)(H,17,18). The van der Waals surface area contributed by atoms with E-state index in [-0.39, 0.29) is 11.1 Å². The van der Waals surface area contributed by atoms with E-state index < -0.39 is 24.0 Å². The van der Waals surface area contributed by atoms with Crippen molar-refractivity contribution >= 4 is 24.0 Å². The van der Waals surface area contributed by atoms with Gasteiger partial charge in [-0.1, -0.05) is 0 Å². The molecule has 0 aliphatic heterocycles. The molecule has 0 radical (unpaired) electrons. The number of benzene rings is 1. The highest BCUT2D eigenvalue weighted by Crippen LogP contribution is 2.04. The summed E-state index contributed by atoms with van der Waals surface area (Å²) in [5.74, 6) is -1.68. The molecule has 4 N–H and O–H groups in total. The Balaban J connectivity index is 2.79. The highest BCUT2D eigenvalue weighted by Gasteiger charge is 2.11. The van der Waals surface area contributed by atoms with E-state index in [9.17, 15) is 19.2 Å². The zero-order valence-electron chi connectivity index (χ0n) is 8.84. The molecule has 0 atom stereocenters. The van der Waals surface area contributed by atoms with Crippen LogP contribution in [0, 0.1) is 0 Å². The topological polar surface area (TPSA) is 133 Å². The maximum atomic E-state index is 11.2. The van der Waals surface area contributed by atoms with Crippen molar-refractivity contribution in [3.63, 3.8) is 0 Å². The monoisotopic (exact) mass is 252 g/mol. The second-order valence-electron chi connectivity index (χ2n) is 3.10. The molecule has 0 spiro atoms. The van der Waals surface area contributed by atoms with Crippen molar-refractivity contribution in [1.82, 2.24) is 10.6 Å². The Labute approximate surface area is 100 Å². The van der Waals surface area contributed by atoms with Crippen molar-refractivity contribution in [3.05, 3.63) is 35.4 Å². The van der Waals surface area contributed by atoms with Crippen LogP contribution in [-0.2, 0) is 0 Å². The third-order valence-electron chi connectivity index (χ3n) is 1.85. The van der Waals surface area contributed by atoms with E-state index in [4.69, 9.17) is 10.2 Å². The molecule has 8 heteroatoms. The first-order valence-electron chi connectivity index (χ1n) is 4.59. The highest BCUT2D eigenvalue weighted by atomic mass is 16.4. The van der Waals surface area contributed by atoms with E-state index in [1.807, 2.05) is 0 Å².